The van der Waals surface area contributed by atoms with Gasteiger partial charge in [-0.25, -0.2) is 0 Å². The second kappa shape index (κ2) is 4.26. The Morgan fingerprint density at radius 1 is 1.29 bits per heavy atom. The highest BCUT2D eigenvalue weighted by molar-refractivity contribution is 6.30. The Morgan fingerprint density at radius 2 is 2.24 bits per heavy atom. The summed E-state index contributed by atoms with van der Waals surface area (Å²) in [5, 5.41) is 4.08. The molecule has 1 aromatic carbocycles. The SMILES string of the molecule is Clc1ccc2c(c1)NC(c1ccccn1)CO2. The Hall–Kier alpha value is -1.74. The quantitative estimate of drug-likeness (QED) is 0.839. The minimum atomic E-state index is 0.0715. The first-order chi connectivity index (χ1) is 8.33. The minimum Gasteiger partial charge on any atom is -0.489 e. The van der Waals surface area contributed by atoms with Crippen LogP contribution in [-0.2, 0) is 0 Å². The lowest BCUT2D eigenvalue weighted by Crippen LogP contribution is -2.24. The maximum Gasteiger partial charge on any atom is 0.142 e. The largest absolute Gasteiger partial charge is 0.489 e. The first kappa shape index (κ1) is 10.4. The van der Waals surface area contributed by atoms with E-state index in [4.69, 9.17) is 16.3 Å². The summed E-state index contributed by atoms with van der Waals surface area (Å²) in [5.41, 5.74) is 1.89. The molecule has 1 N–H and O–H groups in total. The first-order valence-electron chi connectivity index (χ1n) is 5.43. The highest BCUT2D eigenvalue weighted by atomic mass is 35.5. The number of aromatic nitrogens is 1. The van der Waals surface area contributed by atoms with Crippen LogP contribution in [0.5, 0.6) is 5.75 Å². The topological polar surface area (TPSA) is 34.2 Å². The van der Waals surface area contributed by atoms with Crippen LogP contribution in [0.3, 0.4) is 0 Å². The predicted molar refractivity (Wildman–Crippen MR) is 67.5 cm³/mol. The number of nitrogens with one attached hydrogen (secondary N) is 1. The Balaban J connectivity index is 1.90. The molecular formula is C13H11ClN2O. The second-order valence-corrected chi connectivity index (χ2v) is 4.34. The summed E-state index contributed by atoms with van der Waals surface area (Å²) in [6.45, 7) is 0.575. The molecule has 1 unspecified atom stereocenters. The molecule has 1 aromatic heterocycles. The highest BCUT2D eigenvalue weighted by Gasteiger charge is 2.21. The summed E-state index contributed by atoms with van der Waals surface area (Å²) in [6, 6.07) is 11.5. The molecule has 3 rings (SSSR count). The molecule has 0 saturated heterocycles. The van der Waals surface area contributed by atoms with Crippen molar-refractivity contribution in [1.29, 1.82) is 0 Å². The molecule has 2 aromatic rings. The van der Waals surface area contributed by atoms with E-state index >= 15 is 0 Å². The fraction of sp³-hybridized carbons (Fsp3) is 0.154. The van der Waals surface area contributed by atoms with E-state index in [1.54, 1.807) is 6.20 Å². The van der Waals surface area contributed by atoms with Crippen molar-refractivity contribution in [3.05, 3.63) is 53.3 Å². The third-order valence-electron chi connectivity index (χ3n) is 2.72. The molecule has 1 atom stereocenters. The number of rotatable bonds is 1. The van der Waals surface area contributed by atoms with Crippen LogP contribution in [0.2, 0.25) is 5.02 Å². The molecule has 17 heavy (non-hydrogen) atoms. The number of benzene rings is 1. The summed E-state index contributed by atoms with van der Waals surface area (Å²) < 4.78 is 5.68. The van der Waals surface area contributed by atoms with Crippen LogP contribution >= 0.6 is 11.6 Å². The number of anilines is 1. The first-order valence-corrected chi connectivity index (χ1v) is 5.80. The van der Waals surface area contributed by atoms with E-state index in [1.165, 1.54) is 0 Å². The van der Waals surface area contributed by atoms with Gasteiger partial charge in [0, 0.05) is 11.2 Å². The lowest BCUT2D eigenvalue weighted by Gasteiger charge is -2.27. The predicted octanol–water partition coefficient (Wildman–Crippen LogP) is 3.28. The van der Waals surface area contributed by atoms with Gasteiger partial charge in [0.25, 0.3) is 0 Å². The Kier molecular flexibility index (Phi) is 2.61. The zero-order valence-electron chi connectivity index (χ0n) is 9.06. The molecule has 1 aliphatic heterocycles. The van der Waals surface area contributed by atoms with Gasteiger partial charge in [-0.05, 0) is 30.3 Å². The molecule has 0 fully saturated rings. The van der Waals surface area contributed by atoms with Crippen LogP contribution in [0.25, 0.3) is 0 Å². The van der Waals surface area contributed by atoms with Crippen molar-refractivity contribution in [2.45, 2.75) is 6.04 Å². The number of fused-ring (bicyclic) bond motifs is 1. The number of nitrogens with zero attached hydrogens (tertiary/aromatic N) is 1. The molecule has 0 amide bonds. The van der Waals surface area contributed by atoms with Crippen LogP contribution in [-0.4, -0.2) is 11.6 Å². The van der Waals surface area contributed by atoms with Gasteiger partial charge in [-0.1, -0.05) is 17.7 Å². The lowest BCUT2D eigenvalue weighted by molar-refractivity contribution is 0.284. The van der Waals surface area contributed by atoms with E-state index in [0.29, 0.717) is 11.6 Å². The summed E-state index contributed by atoms with van der Waals surface area (Å²) in [4.78, 5) is 4.32. The van der Waals surface area contributed by atoms with Crippen molar-refractivity contribution in [3.8, 4) is 5.75 Å². The molecule has 4 heteroatoms. The van der Waals surface area contributed by atoms with Gasteiger partial charge in [0.15, 0.2) is 0 Å². The second-order valence-electron chi connectivity index (χ2n) is 3.90. The van der Waals surface area contributed by atoms with Crippen molar-refractivity contribution in [2.75, 3.05) is 11.9 Å². The van der Waals surface area contributed by atoms with Gasteiger partial charge in [-0.2, -0.15) is 0 Å². The zero-order chi connectivity index (χ0) is 11.7. The summed E-state index contributed by atoms with van der Waals surface area (Å²) in [5.74, 6) is 0.835. The van der Waals surface area contributed by atoms with Crippen LogP contribution in [0.15, 0.2) is 42.6 Å². The molecule has 3 nitrogen and oxygen atoms in total. The molecular weight excluding hydrogens is 236 g/mol. The minimum absolute atomic E-state index is 0.0715. The fourth-order valence-corrected chi connectivity index (χ4v) is 2.06. The summed E-state index contributed by atoms with van der Waals surface area (Å²) in [6.07, 6.45) is 1.78. The third-order valence-corrected chi connectivity index (χ3v) is 2.96. The summed E-state index contributed by atoms with van der Waals surface area (Å²) in [7, 11) is 0. The normalized spacial score (nSPS) is 17.8. The molecule has 0 spiro atoms. The maximum absolute atomic E-state index is 5.96. The number of ether oxygens (including phenoxy) is 1. The molecule has 1 aliphatic rings. The monoisotopic (exact) mass is 246 g/mol. The van der Waals surface area contributed by atoms with E-state index in [1.807, 2.05) is 36.4 Å². The van der Waals surface area contributed by atoms with Crippen LogP contribution in [0, 0.1) is 0 Å². The van der Waals surface area contributed by atoms with Crippen molar-refractivity contribution in [3.63, 3.8) is 0 Å². The molecule has 0 radical (unpaired) electrons. The van der Waals surface area contributed by atoms with Gasteiger partial charge < -0.3 is 10.1 Å². The summed E-state index contributed by atoms with van der Waals surface area (Å²) >= 11 is 5.96. The van der Waals surface area contributed by atoms with Gasteiger partial charge in [0.05, 0.1) is 11.4 Å². The van der Waals surface area contributed by atoms with E-state index in [2.05, 4.69) is 10.3 Å². The average molecular weight is 247 g/mol. The molecule has 86 valence electrons. The number of pyridine rings is 1. The van der Waals surface area contributed by atoms with E-state index in [9.17, 15) is 0 Å². The number of hydrogen-bond acceptors (Lipinski definition) is 3. The van der Waals surface area contributed by atoms with E-state index in [0.717, 1.165) is 17.1 Å². The Bertz CT molecular complexity index is 530. The van der Waals surface area contributed by atoms with Gasteiger partial charge >= 0.3 is 0 Å². The zero-order valence-corrected chi connectivity index (χ0v) is 9.82. The van der Waals surface area contributed by atoms with Gasteiger partial charge in [0.2, 0.25) is 0 Å². The number of hydrogen-bond donors (Lipinski definition) is 1. The van der Waals surface area contributed by atoms with Gasteiger partial charge in [-0.3, -0.25) is 4.98 Å². The Labute approximate surface area is 104 Å². The Morgan fingerprint density at radius 3 is 3.06 bits per heavy atom. The molecule has 0 bridgehead atoms. The molecule has 2 heterocycles. The fourth-order valence-electron chi connectivity index (χ4n) is 1.88. The lowest BCUT2D eigenvalue weighted by atomic mass is 10.1. The number of halogens is 1. The van der Waals surface area contributed by atoms with Crippen molar-refractivity contribution >= 4 is 17.3 Å². The van der Waals surface area contributed by atoms with Crippen LogP contribution in [0.4, 0.5) is 5.69 Å². The van der Waals surface area contributed by atoms with Crippen LogP contribution in [0.1, 0.15) is 11.7 Å². The van der Waals surface area contributed by atoms with Crippen molar-refractivity contribution in [1.82, 2.24) is 4.98 Å². The molecule has 0 aliphatic carbocycles. The highest BCUT2D eigenvalue weighted by Crippen LogP contribution is 2.34. The van der Waals surface area contributed by atoms with E-state index < -0.39 is 0 Å². The van der Waals surface area contributed by atoms with Gasteiger partial charge in [0.1, 0.15) is 18.4 Å². The standard InChI is InChI=1S/C13H11ClN2O/c14-9-4-5-13-11(7-9)16-12(8-17-13)10-3-1-2-6-15-10/h1-7,12,16H,8H2. The maximum atomic E-state index is 5.96. The average Bonchev–Trinajstić information content (AvgIpc) is 2.39. The van der Waals surface area contributed by atoms with Crippen molar-refractivity contribution in [2.24, 2.45) is 0 Å². The van der Waals surface area contributed by atoms with Crippen LogP contribution < -0.4 is 10.1 Å². The van der Waals surface area contributed by atoms with E-state index in [-0.39, 0.29) is 6.04 Å². The van der Waals surface area contributed by atoms with Crippen molar-refractivity contribution < 1.29 is 4.74 Å². The smallest absolute Gasteiger partial charge is 0.142 e. The van der Waals surface area contributed by atoms with Gasteiger partial charge in [-0.15, -0.1) is 0 Å². The molecule has 0 saturated carbocycles. The third kappa shape index (κ3) is 2.06.